The molecule has 2 aromatic carbocycles. The van der Waals surface area contributed by atoms with Gasteiger partial charge in [0.2, 0.25) is 0 Å². The highest BCUT2D eigenvalue weighted by Gasteiger charge is 2.26. The van der Waals surface area contributed by atoms with Crippen LogP contribution in [0.3, 0.4) is 0 Å². The molecule has 4 heteroatoms. The third-order valence-electron chi connectivity index (χ3n) is 3.85. The van der Waals surface area contributed by atoms with Crippen molar-refractivity contribution in [1.82, 2.24) is 4.90 Å². The molecule has 0 bridgehead atoms. The molecule has 0 saturated heterocycles. The zero-order valence-corrected chi connectivity index (χ0v) is 11.9. The molecule has 1 unspecified atom stereocenters. The molecule has 1 aliphatic rings. The summed E-state index contributed by atoms with van der Waals surface area (Å²) < 4.78 is 0. The molecule has 2 N–H and O–H groups in total. The summed E-state index contributed by atoms with van der Waals surface area (Å²) in [5.41, 5.74) is 3.32. The van der Waals surface area contributed by atoms with Crippen LogP contribution >= 0.6 is 11.6 Å². The Morgan fingerprint density at radius 1 is 1.15 bits per heavy atom. The Labute approximate surface area is 123 Å². The molecule has 2 aromatic rings. The average molecular weight is 290 g/mol. The predicted octanol–water partition coefficient (Wildman–Crippen LogP) is 3.33. The summed E-state index contributed by atoms with van der Waals surface area (Å²) in [5.74, 6) is -0.0301. The monoisotopic (exact) mass is 289 g/mol. The van der Waals surface area contributed by atoms with Gasteiger partial charge in [-0.15, -0.1) is 0 Å². The van der Waals surface area contributed by atoms with Crippen molar-refractivity contribution < 1.29 is 10.2 Å². The minimum absolute atomic E-state index is 0.0840. The van der Waals surface area contributed by atoms with Crippen LogP contribution in [-0.4, -0.2) is 28.7 Å². The number of phenols is 2. The van der Waals surface area contributed by atoms with Gasteiger partial charge >= 0.3 is 0 Å². The number of fused-ring (bicyclic) bond motifs is 1. The van der Waals surface area contributed by atoms with Gasteiger partial charge in [0.05, 0.1) is 0 Å². The van der Waals surface area contributed by atoms with E-state index in [2.05, 4.69) is 18.0 Å². The number of likely N-dealkylation sites (N-methyl/N-ethyl adjacent to an activating group) is 1. The molecular weight excluding hydrogens is 274 g/mol. The smallest absolute Gasteiger partial charge is 0.157 e. The molecule has 0 saturated carbocycles. The van der Waals surface area contributed by atoms with E-state index < -0.39 is 0 Å². The molecule has 0 radical (unpaired) electrons. The number of aromatic hydroxyl groups is 2. The Hall–Kier alpha value is -1.71. The maximum absolute atomic E-state index is 9.71. The summed E-state index contributed by atoms with van der Waals surface area (Å²) in [5, 5.41) is 19.9. The largest absolute Gasteiger partial charge is 0.504 e. The second-order valence-electron chi connectivity index (χ2n) is 5.31. The lowest BCUT2D eigenvalue weighted by atomic mass is 9.84. The van der Waals surface area contributed by atoms with E-state index in [0.717, 1.165) is 29.2 Å². The predicted molar refractivity (Wildman–Crippen MR) is 79.4 cm³/mol. The topological polar surface area (TPSA) is 43.7 Å². The first-order valence-electron chi connectivity index (χ1n) is 6.54. The fourth-order valence-corrected chi connectivity index (χ4v) is 3.10. The van der Waals surface area contributed by atoms with Crippen molar-refractivity contribution in [3.63, 3.8) is 0 Å². The highest BCUT2D eigenvalue weighted by atomic mass is 35.5. The molecule has 0 fully saturated rings. The highest BCUT2D eigenvalue weighted by molar-refractivity contribution is 6.31. The minimum atomic E-state index is -0.0933. The van der Waals surface area contributed by atoms with E-state index >= 15 is 0 Å². The van der Waals surface area contributed by atoms with Gasteiger partial charge in [0.25, 0.3) is 0 Å². The maximum Gasteiger partial charge on any atom is 0.157 e. The van der Waals surface area contributed by atoms with Crippen LogP contribution < -0.4 is 0 Å². The van der Waals surface area contributed by atoms with Gasteiger partial charge < -0.3 is 15.1 Å². The lowest BCUT2D eigenvalue weighted by Gasteiger charge is -2.33. The fourth-order valence-electron chi connectivity index (χ4n) is 2.86. The SMILES string of the molecule is CN1Cc2c(Cl)cccc2C(c2ccc(O)c(O)c2)C1. The number of benzene rings is 2. The van der Waals surface area contributed by atoms with E-state index in [1.54, 1.807) is 6.07 Å². The average Bonchev–Trinajstić information content (AvgIpc) is 2.42. The van der Waals surface area contributed by atoms with E-state index in [4.69, 9.17) is 11.6 Å². The molecule has 3 nitrogen and oxygen atoms in total. The molecular formula is C16H16ClNO2. The number of hydrogen-bond acceptors (Lipinski definition) is 3. The Balaban J connectivity index is 2.11. The van der Waals surface area contributed by atoms with Crippen molar-refractivity contribution in [3.8, 4) is 11.5 Å². The fraction of sp³-hybridized carbons (Fsp3) is 0.250. The molecule has 0 amide bonds. The maximum atomic E-state index is 9.71. The highest BCUT2D eigenvalue weighted by Crippen LogP contribution is 2.38. The first-order chi connectivity index (χ1) is 9.56. The van der Waals surface area contributed by atoms with Crippen LogP contribution in [0.1, 0.15) is 22.6 Å². The van der Waals surface area contributed by atoms with Crippen molar-refractivity contribution >= 4 is 11.6 Å². The Kier molecular flexibility index (Phi) is 3.32. The molecule has 1 atom stereocenters. The van der Waals surface area contributed by atoms with Gasteiger partial charge in [-0.1, -0.05) is 29.8 Å². The second-order valence-corrected chi connectivity index (χ2v) is 5.71. The van der Waals surface area contributed by atoms with Crippen molar-refractivity contribution in [2.75, 3.05) is 13.6 Å². The molecule has 0 spiro atoms. The number of phenolic OH excluding ortho intramolecular Hbond substituents is 2. The normalized spacial score (nSPS) is 18.8. The quantitative estimate of drug-likeness (QED) is 0.792. The van der Waals surface area contributed by atoms with Crippen LogP contribution in [0.2, 0.25) is 5.02 Å². The number of rotatable bonds is 1. The number of halogens is 1. The second kappa shape index (κ2) is 5.00. The standard InChI is InChI=1S/C16H16ClNO2/c1-18-8-12(10-5-6-15(19)16(20)7-10)11-3-2-4-14(17)13(11)9-18/h2-7,12,19-20H,8-9H2,1H3. The Morgan fingerprint density at radius 2 is 1.95 bits per heavy atom. The van der Waals surface area contributed by atoms with E-state index in [-0.39, 0.29) is 17.4 Å². The Bertz CT molecular complexity index is 657. The van der Waals surface area contributed by atoms with Crippen LogP contribution in [0.5, 0.6) is 11.5 Å². The molecule has 0 aromatic heterocycles. The third-order valence-corrected chi connectivity index (χ3v) is 4.21. The van der Waals surface area contributed by atoms with Gasteiger partial charge in [0, 0.05) is 24.0 Å². The third kappa shape index (κ3) is 2.23. The van der Waals surface area contributed by atoms with Gasteiger partial charge in [-0.25, -0.2) is 0 Å². The Morgan fingerprint density at radius 3 is 2.70 bits per heavy atom. The zero-order valence-electron chi connectivity index (χ0n) is 11.2. The first-order valence-corrected chi connectivity index (χ1v) is 6.92. The number of nitrogens with zero attached hydrogens (tertiary/aromatic N) is 1. The summed E-state index contributed by atoms with van der Waals surface area (Å²) in [4.78, 5) is 2.21. The van der Waals surface area contributed by atoms with Gasteiger partial charge in [-0.05, 0) is 41.9 Å². The van der Waals surface area contributed by atoms with Crippen LogP contribution in [0.4, 0.5) is 0 Å². The van der Waals surface area contributed by atoms with Gasteiger partial charge in [-0.2, -0.15) is 0 Å². The molecule has 1 aliphatic heterocycles. The van der Waals surface area contributed by atoms with Crippen molar-refractivity contribution in [2.24, 2.45) is 0 Å². The molecule has 1 heterocycles. The van der Waals surface area contributed by atoms with Crippen molar-refractivity contribution in [1.29, 1.82) is 0 Å². The van der Waals surface area contributed by atoms with Gasteiger partial charge in [-0.3, -0.25) is 0 Å². The van der Waals surface area contributed by atoms with Crippen LogP contribution in [0.15, 0.2) is 36.4 Å². The molecule has 20 heavy (non-hydrogen) atoms. The molecule has 3 rings (SSSR count). The zero-order chi connectivity index (χ0) is 14.3. The summed E-state index contributed by atoms with van der Waals surface area (Å²) >= 11 is 6.30. The van der Waals surface area contributed by atoms with Crippen molar-refractivity contribution in [2.45, 2.75) is 12.5 Å². The summed E-state index contributed by atoms with van der Waals surface area (Å²) in [6.07, 6.45) is 0. The van der Waals surface area contributed by atoms with Crippen LogP contribution in [-0.2, 0) is 6.54 Å². The summed E-state index contributed by atoms with van der Waals surface area (Å²) in [7, 11) is 2.06. The number of hydrogen-bond donors (Lipinski definition) is 2. The molecule has 104 valence electrons. The van der Waals surface area contributed by atoms with Gasteiger partial charge in [0.1, 0.15) is 0 Å². The summed E-state index contributed by atoms with van der Waals surface area (Å²) in [6, 6.07) is 11.0. The molecule has 0 aliphatic carbocycles. The van der Waals surface area contributed by atoms with E-state index in [9.17, 15) is 10.2 Å². The van der Waals surface area contributed by atoms with E-state index in [1.807, 2.05) is 18.2 Å². The first kappa shape index (κ1) is 13.3. The summed E-state index contributed by atoms with van der Waals surface area (Å²) in [6.45, 7) is 1.69. The van der Waals surface area contributed by atoms with Gasteiger partial charge in [0.15, 0.2) is 11.5 Å². The van der Waals surface area contributed by atoms with E-state index in [0.29, 0.717) is 0 Å². The lowest BCUT2D eigenvalue weighted by molar-refractivity contribution is 0.295. The van der Waals surface area contributed by atoms with Crippen LogP contribution in [0, 0.1) is 0 Å². The minimum Gasteiger partial charge on any atom is -0.504 e. The lowest BCUT2D eigenvalue weighted by Crippen LogP contribution is -2.31. The van der Waals surface area contributed by atoms with Crippen LogP contribution in [0.25, 0.3) is 0 Å². The van der Waals surface area contributed by atoms with E-state index in [1.165, 1.54) is 11.6 Å². The van der Waals surface area contributed by atoms with Crippen molar-refractivity contribution in [3.05, 3.63) is 58.1 Å².